The van der Waals surface area contributed by atoms with Crippen LogP contribution in [0.25, 0.3) is 0 Å². The van der Waals surface area contributed by atoms with Gasteiger partial charge >= 0.3 is 0 Å². The minimum atomic E-state index is -0.358. The van der Waals surface area contributed by atoms with Crippen molar-refractivity contribution in [2.75, 3.05) is 35.2 Å². The summed E-state index contributed by atoms with van der Waals surface area (Å²) in [4.78, 5) is 17.2. The third-order valence-electron chi connectivity index (χ3n) is 5.02. The molecule has 0 unspecified atom stereocenters. The van der Waals surface area contributed by atoms with E-state index in [0.29, 0.717) is 18.8 Å². The summed E-state index contributed by atoms with van der Waals surface area (Å²) in [6.07, 6.45) is 2.03. The summed E-state index contributed by atoms with van der Waals surface area (Å²) in [5.74, 6) is 0.894. The van der Waals surface area contributed by atoms with Crippen LogP contribution in [0.15, 0.2) is 42.5 Å². The monoisotopic (exact) mass is 351 g/mol. The van der Waals surface area contributed by atoms with E-state index in [1.807, 2.05) is 55.1 Å². The van der Waals surface area contributed by atoms with E-state index < -0.39 is 0 Å². The van der Waals surface area contributed by atoms with Gasteiger partial charge in [0.15, 0.2) is 0 Å². The highest BCUT2D eigenvalue weighted by molar-refractivity contribution is 5.97. The van der Waals surface area contributed by atoms with Gasteiger partial charge in [-0.2, -0.15) is 0 Å². The number of nitrogens with zero attached hydrogens (tertiary/aromatic N) is 2. The molecule has 0 radical (unpaired) electrons. The zero-order valence-electron chi connectivity index (χ0n) is 15.4. The lowest BCUT2D eigenvalue weighted by Crippen LogP contribution is -2.51. The van der Waals surface area contributed by atoms with Gasteiger partial charge in [-0.25, -0.2) is 0 Å². The molecule has 2 aliphatic heterocycles. The number of para-hydroxylation sites is 1. The van der Waals surface area contributed by atoms with Crippen molar-refractivity contribution in [3.63, 3.8) is 0 Å². The van der Waals surface area contributed by atoms with Gasteiger partial charge in [-0.05, 0) is 56.5 Å². The number of aryl methyl sites for hydroxylation is 1. The second-order valence-corrected chi connectivity index (χ2v) is 7.72. The molecule has 0 saturated carbocycles. The maximum absolute atomic E-state index is 13.1. The lowest BCUT2D eigenvalue weighted by Gasteiger charge is -2.41. The minimum absolute atomic E-state index is 0.114. The van der Waals surface area contributed by atoms with Crippen LogP contribution in [0.3, 0.4) is 0 Å². The van der Waals surface area contributed by atoms with Crippen LogP contribution in [0, 0.1) is 0 Å². The molecule has 5 heteroatoms. The number of anilines is 3. The molecule has 2 aliphatic rings. The Bertz CT molecular complexity index is 847. The Morgan fingerprint density at radius 2 is 2.00 bits per heavy atom. The summed E-state index contributed by atoms with van der Waals surface area (Å²) >= 11 is 0. The molecule has 0 spiro atoms. The Labute approximate surface area is 154 Å². The fraction of sp³-hybridized carbons (Fsp3) is 0.381. The smallest absolute Gasteiger partial charge is 0.246 e. The van der Waals surface area contributed by atoms with E-state index in [0.717, 1.165) is 36.5 Å². The molecular weight excluding hydrogens is 326 g/mol. The topological polar surface area (TPSA) is 58.8 Å². The fourth-order valence-electron chi connectivity index (χ4n) is 3.92. The molecule has 26 heavy (non-hydrogen) atoms. The molecular formula is C21H25N3O2. The first-order valence-corrected chi connectivity index (χ1v) is 9.15. The zero-order chi connectivity index (χ0) is 18.3. The number of hydrogen-bond acceptors (Lipinski definition) is 4. The van der Waals surface area contributed by atoms with Gasteiger partial charge in [0, 0.05) is 17.9 Å². The molecule has 1 amide bonds. The number of amides is 1. The lowest BCUT2D eigenvalue weighted by atomic mass is 10.0. The van der Waals surface area contributed by atoms with Crippen molar-refractivity contribution in [2.45, 2.75) is 32.3 Å². The van der Waals surface area contributed by atoms with E-state index >= 15 is 0 Å². The van der Waals surface area contributed by atoms with Gasteiger partial charge in [0.1, 0.15) is 11.4 Å². The number of nitrogen functional groups attached to an aromatic ring is 1. The standard InChI is InChI=1S/C21H25N3O2/c1-21(2)14-23(18-12-16(22)9-10-19(18)26-21)13-20(25)24-11-5-7-15-6-3-4-8-17(15)24/h3-4,6,8-10,12H,5,7,11,13-14,22H2,1-2H3. The van der Waals surface area contributed by atoms with Crippen LogP contribution in [0.4, 0.5) is 17.1 Å². The SMILES string of the molecule is CC1(C)CN(CC(=O)N2CCCc3ccccc32)c2cc(N)ccc2O1. The number of carbonyl (C=O) groups is 1. The number of ether oxygens (including phenoxy) is 1. The van der Waals surface area contributed by atoms with Crippen molar-refractivity contribution in [3.8, 4) is 5.75 Å². The van der Waals surface area contributed by atoms with Gasteiger partial charge in [-0.3, -0.25) is 4.79 Å². The third kappa shape index (κ3) is 3.09. The van der Waals surface area contributed by atoms with Crippen LogP contribution in [0.1, 0.15) is 25.8 Å². The van der Waals surface area contributed by atoms with Gasteiger partial charge in [-0.1, -0.05) is 18.2 Å². The molecule has 0 bridgehead atoms. The lowest BCUT2D eigenvalue weighted by molar-refractivity contribution is -0.117. The predicted molar refractivity (Wildman–Crippen MR) is 105 cm³/mol. The van der Waals surface area contributed by atoms with E-state index in [2.05, 4.69) is 11.0 Å². The zero-order valence-corrected chi connectivity index (χ0v) is 15.4. The van der Waals surface area contributed by atoms with Gasteiger partial charge < -0.3 is 20.3 Å². The van der Waals surface area contributed by atoms with Crippen LogP contribution < -0.4 is 20.3 Å². The Morgan fingerprint density at radius 1 is 1.19 bits per heavy atom. The van der Waals surface area contributed by atoms with Gasteiger partial charge in [0.25, 0.3) is 0 Å². The second-order valence-electron chi connectivity index (χ2n) is 7.72. The fourth-order valence-corrected chi connectivity index (χ4v) is 3.92. The molecule has 2 N–H and O–H groups in total. The molecule has 0 aromatic heterocycles. The van der Waals surface area contributed by atoms with Crippen molar-refractivity contribution >= 4 is 23.0 Å². The van der Waals surface area contributed by atoms with Crippen molar-refractivity contribution in [3.05, 3.63) is 48.0 Å². The first kappa shape index (κ1) is 16.8. The molecule has 2 aromatic rings. The average molecular weight is 351 g/mol. The van der Waals surface area contributed by atoms with Crippen LogP contribution in [0.2, 0.25) is 0 Å². The molecule has 136 valence electrons. The summed E-state index contributed by atoms with van der Waals surface area (Å²) in [6.45, 7) is 5.82. The summed E-state index contributed by atoms with van der Waals surface area (Å²) in [5, 5.41) is 0. The van der Waals surface area contributed by atoms with E-state index in [1.54, 1.807) is 0 Å². The Balaban J connectivity index is 1.62. The van der Waals surface area contributed by atoms with Crippen LogP contribution in [0.5, 0.6) is 5.75 Å². The Morgan fingerprint density at radius 3 is 2.85 bits per heavy atom. The average Bonchev–Trinajstić information content (AvgIpc) is 2.61. The molecule has 2 heterocycles. The molecule has 0 aliphatic carbocycles. The Kier molecular flexibility index (Phi) is 4.02. The quantitative estimate of drug-likeness (QED) is 0.844. The number of hydrogen-bond donors (Lipinski definition) is 1. The largest absolute Gasteiger partial charge is 0.484 e. The van der Waals surface area contributed by atoms with Gasteiger partial charge in [0.2, 0.25) is 5.91 Å². The number of benzene rings is 2. The van der Waals surface area contributed by atoms with E-state index in [-0.39, 0.29) is 11.5 Å². The summed E-state index contributed by atoms with van der Waals surface area (Å²) in [7, 11) is 0. The highest BCUT2D eigenvalue weighted by Crippen LogP contribution is 2.38. The summed E-state index contributed by atoms with van der Waals surface area (Å²) in [5.41, 5.74) is 9.47. The molecule has 0 atom stereocenters. The second kappa shape index (κ2) is 6.24. The Hall–Kier alpha value is -2.69. The van der Waals surface area contributed by atoms with Crippen molar-refractivity contribution in [2.24, 2.45) is 0 Å². The maximum Gasteiger partial charge on any atom is 0.246 e. The number of rotatable bonds is 2. The maximum atomic E-state index is 13.1. The van der Waals surface area contributed by atoms with Gasteiger partial charge in [-0.15, -0.1) is 0 Å². The normalized spacial score (nSPS) is 17.9. The summed E-state index contributed by atoms with van der Waals surface area (Å²) in [6, 6.07) is 13.8. The first-order chi connectivity index (χ1) is 12.4. The van der Waals surface area contributed by atoms with Crippen LogP contribution in [-0.2, 0) is 11.2 Å². The number of fused-ring (bicyclic) bond motifs is 2. The van der Waals surface area contributed by atoms with Crippen LogP contribution in [-0.4, -0.2) is 31.1 Å². The van der Waals surface area contributed by atoms with Gasteiger partial charge in [0.05, 0.1) is 18.8 Å². The van der Waals surface area contributed by atoms with E-state index in [9.17, 15) is 4.79 Å². The van der Waals surface area contributed by atoms with E-state index in [4.69, 9.17) is 10.5 Å². The van der Waals surface area contributed by atoms with Crippen molar-refractivity contribution < 1.29 is 9.53 Å². The molecule has 0 fully saturated rings. The van der Waals surface area contributed by atoms with E-state index in [1.165, 1.54) is 5.56 Å². The molecule has 2 aromatic carbocycles. The van der Waals surface area contributed by atoms with Crippen molar-refractivity contribution in [1.82, 2.24) is 0 Å². The predicted octanol–water partition coefficient (Wildman–Crippen LogP) is 3.23. The highest BCUT2D eigenvalue weighted by atomic mass is 16.5. The number of nitrogens with two attached hydrogens (primary N) is 1. The molecule has 0 saturated heterocycles. The number of carbonyl (C=O) groups excluding carboxylic acids is 1. The minimum Gasteiger partial charge on any atom is -0.484 e. The molecule has 5 nitrogen and oxygen atoms in total. The van der Waals surface area contributed by atoms with Crippen molar-refractivity contribution in [1.29, 1.82) is 0 Å². The molecule has 4 rings (SSSR count). The highest BCUT2D eigenvalue weighted by Gasteiger charge is 2.34. The third-order valence-corrected chi connectivity index (χ3v) is 5.02. The first-order valence-electron chi connectivity index (χ1n) is 9.15. The van der Waals surface area contributed by atoms with Crippen LogP contribution >= 0.6 is 0 Å². The summed E-state index contributed by atoms with van der Waals surface area (Å²) < 4.78 is 6.07.